The molecule has 19 heavy (non-hydrogen) atoms. The molecule has 1 amide bonds. The van der Waals surface area contributed by atoms with Gasteiger partial charge in [-0.2, -0.15) is 0 Å². The smallest absolute Gasteiger partial charge is 0.223 e. The van der Waals surface area contributed by atoms with Crippen LogP contribution in [-0.2, 0) is 4.79 Å². The Balaban J connectivity index is 2.25. The molecule has 3 nitrogen and oxygen atoms in total. The highest BCUT2D eigenvalue weighted by atomic mass is 16.2. The number of rotatable bonds is 3. The van der Waals surface area contributed by atoms with Gasteiger partial charge in [0.2, 0.25) is 5.91 Å². The lowest BCUT2D eigenvalue weighted by atomic mass is 9.99. The molecule has 0 aliphatic rings. The van der Waals surface area contributed by atoms with E-state index in [-0.39, 0.29) is 11.9 Å². The van der Waals surface area contributed by atoms with Crippen LogP contribution in [-0.4, -0.2) is 24.9 Å². The van der Waals surface area contributed by atoms with Gasteiger partial charge in [0.25, 0.3) is 0 Å². The van der Waals surface area contributed by atoms with Gasteiger partial charge >= 0.3 is 0 Å². The van der Waals surface area contributed by atoms with Crippen LogP contribution in [0.5, 0.6) is 0 Å². The van der Waals surface area contributed by atoms with Gasteiger partial charge in [-0.05, 0) is 29.3 Å². The molecule has 1 unspecified atom stereocenters. The number of nitrogens with zero attached hydrogens (tertiary/aromatic N) is 1. The lowest BCUT2D eigenvalue weighted by Gasteiger charge is -2.16. The molecule has 0 aliphatic carbocycles. The molecule has 0 saturated heterocycles. The molecule has 100 valence electrons. The number of carbonyl (C=O) groups is 1. The van der Waals surface area contributed by atoms with Crippen LogP contribution < -0.4 is 5.73 Å². The first-order valence-electron chi connectivity index (χ1n) is 6.43. The quantitative estimate of drug-likeness (QED) is 0.917. The van der Waals surface area contributed by atoms with E-state index < -0.39 is 0 Å². The van der Waals surface area contributed by atoms with E-state index in [0.29, 0.717) is 6.42 Å². The number of benzene rings is 2. The van der Waals surface area contributed by atoms with Crippen molar-refractivity contribution in [3.8, 4) is 0 Å². The molecule has 2 aromatic rings. The topological polar surface area (TPSA) is 46.3 Å². The zero-order chi connectivity index (χ0) is 14.0. The molecule has 3 heteroatoms. The van der Waals surface area contributed by atoms with Gasteiger partial charge in [0.05, 0.1) is 0 Å². The van der Waals surface area contributed by atoms with Crippen molar-refractivity contribution in [2.45, 2.75) is 19.4 Å². The molecule has 0 fully saturated rings. The van der Waals surface area contributed by atoms with E-state index in [1.165, 1.54) is 10.9 Å². The molecule has 0 aromatic heterocycles. The summed E-state index contributed by atoms with van der Waals surface area (Å²) in [6.45, 7) is 2.08. The SMILES string of the molecule is Cc1ccc2cc(C(N)CC(=O)N(C)C)ccc2c1. The van der Waals surface area contributed by atoms with Gasteiger partial charge in [-0.3, -0.25) is 4.79 Å². The summed E-state index contributed by atoms with van der Waals surface area (Å²) >= 11 is 0. The minimum absolute atomic E-state index is 0.0523. The molecule has 2 aromatic carbocycles. The number of carbonyl (C=O) groups excluding carboxylic acids is 1. The predicted molar refractivity (Wildman–Crippen MR) is 78.9 cm³/mol. The van der Waals surface area contributed by atoms with Gasteiger partial charge < -0.3 is 10.6 Å². The average molecular weight is 256 g/mol. The molecular weight excluding hydrogens is 236 g/mol. The molecule has 0 spiro atoms. The van der Waals surface area contributed by atoms with Crippen molar-refractivity contribution in [3.05, 3.63) is 47.5 Å². The van der Waals surface area contributed by atoms with Crippen LogP contribution in [0.4, 0.5) is 0 Å². The second kappa shape index (κ2) is 5.41. The highest BCUT2D eigenvalue weighted by Gasteiger charge is 2.13. The molecule has 0 radical (unpaired) electrons. The highest BCUT2D eigenvalue weighted by molar-refractivity contribution is 5.84. The maximum atomic E-state index is 11.7. The van der Waals surface area contributed by atoms with Crippen molar-refractivity contribution in [2.75, 3.05) is 14.1 Å². The minimum Gasteiger partial charge on any atom is -0.349 e. The van der Waals surface area contributed by atoms with Gasteiger partial charge in [0.1, 0.15) is 0 Å². The van der Waals surface area contributed by atoms with E-state index >= 15 is 0 Å². The van der Waals surface area contributed by atoms with Crippen LogP contribution in [0.2, 0.25) is 0 Å². The molecule has 1 atom stereocenters. The standard InChI is InChI=1S/C16H20N2O/c1-11-4-5-13-9-14(7-6-12(13)8-11)15(17)10-16(19)18(2)3/h4-9,15H,10,17H2,1-3H3. The number of nitrogens with two attached hydrogens (primary N) is 1. The first-order chi connectivity index (χ1) is 8.97. The zero-order valence-electron chi connectivity index (χ0n) is 11.7. The molecule has 0 aliphatic heterocycles. The first-order valence-corrected chi connectivity index (χ1v) is 6.43. The predicted octanol–water partition coefficient (Wildman–Crippen LogP) is 2.63. The van der Waals surface area contributed by atoms with Crippen LogP contribution in [0.1, 0.15) is 23.6 Å². The van der Waals surface area contributed by atoms with Crippen molar-refractivity contribution >= 4 is 16.7 Å². The second-order valence-electron chi connectivity index (χ2n) is 5.21. The summed E-state index contributed by atoms with van der Waals surface area (Å²) in [5.74, 6) is 0.0523. The van der Waals surface area contributed by atoms with Crippen LogP contribution >= 0.6 is 0 Å². The lowest BCUT2D eigenvalue weighted by Crippen LogP contribution is -2.26. The monoisotopic (exact) mass is 256 g/mol. The third-order valence-corrected chi connectivity index (χ3v) is 3.34. The summed E-state index contributed by atoms with van der Waals surface area (Å²) in [6, 6.07) is 12.2. The summed E-state index contributed by atoms with van der Waals surface area (Å²) < 4.78 is 0. The second-order valence-corrected chi connectivity index (χ2v) is 5.21. The van der Waals surface area contributed by atoms with Crippen LogP contribution in [0.15, 0.2) is 36.4 Å². The number of amides is 1. The van der Waals surface area contributed by atoms with Crippen molar-refractivity contribution in [1.82, 2.24) is 4.90 Å². The number of aryl methyl sites for hydroxylation is 1. The first kappa shape index (κ1) is 13.6. The van der Waals surface area contributed by atoms with E-state index in [0.717, 1.165) is 10.9 Å². The van der Waals surface area contributed by atoms with E-state index in [1.807, 2.05) is 6.07 Å². The normalized spacial score (nSPS) is 12.4. The fraction of sp³-hybridized carbons (Fsp3) is 0.312. The lowest BCUT2D eigenvalue weighted by molar-refractivity contribution is -0.129. The Hall–Kier alpha value is -1.87. The van der Waals surface area contributed by atoms with Crippen molar-refractivity contribution < 1.29 is 4.79 Å². The summed E-state index contributed by atoms with van der Waals surface area (Å²) in [4.78, 5) is 13.3. The van der Waals surface area contributed by atoms with Crippen LogP contribution in [0, 0.1) is 6.92 Å². The third kappa shape index (κ3) is 3.12. The van der Waals surface area contributed by atoms with Gasteiger partial charge in [-0.1, -0.05) is 35.9 Å². The van der Waals surface area contributed by atoms with E-state index in [1.54, 1.807) is 19.0 Å². The number of hydrogen-bond donors (Lipinski definition) is 1. The Labute approximate surface area is 114 Å². The number of fused-ring (bicyclic) bond motifs is 1. The third-order valence-electron chi connectivity index (χ3n) is 3.34. The fourth-order valence-corrected chi connectivity index (χ4v) is 2.10. The van der Waals surface area contributed by atoms with E-state index in [2.05, 4.69) is 37.3 Å². The van der Waals surface area contributed by atoms with Crippen molar-refractivity contribution in [1.29, 1.82) is 0 Å². The largest absolute Gasteiger partial charge is 0.349 e. The van der Waals surface area contributed by atoms with Crippen molar-refractivity contribution in [3.63, 3.8) is 0 Å². The molecule has 2 rings (SSSR count). The van der Waals surface area contributed by atoms with E-state index in [4.69, 9.17) is 5.73 Å². The molecule has 2 N–H and O–H groups in total. The highest BCUT2D eigenvalue weighted by Crippen LogP contribution is 2.22. The Morgan fingerprint density at radius 2 is 1.79 bits per heavy atom. The molecule has 0 heterocycles. The molecular formula is C16H20N2O. The fourth-order valence-electron chi connectivity index (χ4n) is 2.10. The maximum Gasteiger partial charge on any atom is 0.223 e. The summed E-state index contributed by atoms with van der Waals surface area (Å²) in [6.07, 6.45) is 0.338. The average Bonchev–Trinajstić information content (AvgIpc) is 2.37. The Bertz CT molecular complexity index is 605. The summed E-state index contributed by atoms with van der Waals surface area (Å²) in [7, 11) is 3.50. The van der Waals surface area contributed by atoms with Gasteiger partial charge in [-0.25, -0.2) is 0 Å². The molecule has 0 bridgehead atoms. The zero-order valence-corrected chi connectivity index (χ0v) is 11.7. The maximum absolute atomic E-state index is 11.7. The number of hydrogen-bond acceptors (Lipinski definition) is 2. The Morgan fingerprint density at radius 1 is 1.16 bits per heavy atom. The van der Waals surface area contributed by atoms with Crippen molar-refractivity contribution in [2.24, 2.45) is 5.73 Å². The summed E-state index contributed by atoms with van der Waals surface area (Å²) in [5.41, 5.74) is 8.36. The minimum atomic E-state index is -0.249. The summed E-state index contributed by atoms with van der Waals surface area (Å²) in [5, 5.41) is 2.37. The van der Waals surface area contributed by atoms with Crippen LogP contribution in [0.25, 0.3) is 10.8 Å². The van der Waals surface area contributed by atoms with E-state index in [9.17, 15) is 4.79 Å². The van der Waals surface area contributed by atoms with Gasteiger partial charge in [0, 0.05) is 26.6 Å². The Kier molecular flexibility index (Phi) is 3.86. The van der Waals surface area contributed by atoms with Gasteiger partial charge in [-0.15, -0.1) is 0 Å². The van der Waals surface area contributed by atoms with Gasteiger partial charge in [0.15, 0.2) is 0 Å². The Morgan fingerprint density at radius 3 is 2.47 bits per heavy atom. The molecule has 0 saturated carbocycles. The van der Waals surface area contributed by atoms with Crippen LogP contribution in [0.3, 0.4) is 0 Å².